The van der Waals surface area contributed by atoms with Gasteiger partial charge in [0.1, 0.15) is 6.04 Å². The van der Waals surface area contributed by atoms with Crippen molar-refractivity contribution in [3.63, 3.8) is 0 Å². The molecule has 1 aliphatic heterocycles. The average molecular weight is 380 g/mol. The van der Waals surface area contributed by atoms with Gasteiger partial charge in [-0.25, -0.2) is 4.99 Å². The molecule has 0 spiro atoms. The van der Waals surface area contributed by atoms with Gasteiger partial charge in [0.05, 0.1) is 11.3 Å². The number of carbonyl (C=O) groups excluding carboxylic acids is 2. The second kappa shape index (κ2) is 8.55. The van der Waals surface area contributed by atoms with Gasteiger partial charge in [-0.1, -0.05) is 60.3 Å². The maximum atomic E-state index is 12.2. The summed E-state index contributed by atoms with van der Waals surface area (Å²) in [5.74, 6) is -0.445. The SMILES string of the molecule is CC1=C(C(N)=O)[C@@H](c2ccccc2)N=C(SCC(=O)Nc2ccccc2)N1. The van der Waals surface area contributed by atoms with Crippen molar-refractivity contribution >= 4 is 34.4 Å². The number of nitrogens with one attached hydrogen (secondary N) is 2. The van der Waals surface area contributed by atoms with E-state index in [0.29, 0.717) is 16.4 Å². The topological polar surface area (TPSA) is 96.6 Å². The number of hydrogen-bond acceptors (Lipinski definition) is 5. The van der Waals surface area contributed by atoms with E-state index in [1.54, 1.807) is 6.92 Å². The van der Waals surface area contributed by atoms with Crippen molar-refractivity contribution in [2.75, 3.05) is 11.1 Å². The van der Waals surface area contributed by atoms with Gasteiger partial charge in [0, 0.05) is 11.4 Å². The Morgan fingerprint density at radius 1 is 1.11 bits per heavy atom. The first-order valence-electron chi connectivity index (χ1n) is 8.42. The number of nitrogens with two attached hydrogens (primary N) is 1. The van der Waals surface area contributed by atoms with Gasteiger partial charge >= 0.3 is 0 Å². The normalized spacial score (nSPS) is 16.3. The molecule has 1 heterocycles. The fourth-order valence-corrected chi connectivity index (χ4v) is 3.51. The number of anilines is 1. The van der Waals surface area contributed by atoms with Gasteiger partial charge in [-0.2, -0.15) is 0 Å². The summed E-state index contributed by atoms with van der Waals surface area (Å²) in [5.41, 5.74) is 8.26. The Bertz CT molecular complexity index is 895. The van der Waals surface area contributed by atoms with Crippen LogP contribution in [0.1, 0.15) is 18.5 Å². The van der Waals surface area contributed by atoms with E-state index in [0.717, 1.165) is 11.3 Å². The van der Waals surface area contributed by atoms with E-state index >= 15 is 0 Å². The molecule has 0 aromatic heterocycles. The van der Waals surface area contributed by atoms with Gasteiger partial charge in [0.25, 0.3) is 0 Å². The van der Waals surface area contributed by atoms with Crippen molar-refractivity contribution in [3.05, 3.63) is 77.5 Å². The zero-order chi connectivity index (χ0) is 19.2. The Morgan fingerprint density at radius 2 is 1.74 bits per heavy atom. The predicted octanol–water partition coefficient (Wildman–Crippen LogP) is 2.82. The molecule has 2 aromatic rings. The Balaban J connectivity index is 1.72. The first-order valence-corrected chi connectivity index (χ1v) is 9.41. The van der Waals surface area contributed by atoms with Crippen LogP contribution >= 0.6 is 11.8 Å². The van der Waals surface area contributed by atoms with Crippen molar-refractivity contribution in [2.45, 2.75) is 13.0 Å². The van der Waals surface area contributed by atoms with Crippen LogP contribution in [0, 0.1) is 0 Å². The molecule has 138 valence electrons. The molecule has 0 saturated heterocycles. The van der Waals surface area contributed by atoms with E-state index < -0.39 is 11.9 Å². The van der Waals surface area contributed by atoms with E-state index in [1.165, 1.54) is 11.8 Å². The maximum Gasteiger partial charge on any atom is 0.248 e. The van der Waals surface area contributed by atoms with E-state index in [2.05, 4.69) is 15.6 Å². The molecule has 1 atom stereocenters. The molecule has 0 bridgehead atoms. The van der Waals surface area contributed by atoms with E-state index in [-0.39, 0.29) is 11.7 Å². The summed E-state index contributed by atoms with van der Waals surface area (Å²) in [5, 5.41) is 6.49. The van der Waals surface area contributed by atoms with E-state index in [1.807, 2.05) is 60.7 Å². The molecule has 0 saturated carbocycles. The molecule has 6 nitrogen and oxygen atoms in total. The molecule has 3 rings (SSSR count). The number of amides is 2. The highest BCUT2D eigenvalue weighted by molar-refractivity contribution is 8.14. The molecule has 1 aliphatic rings. The highest BCUT2D eigenvalue weighted by atomic mass is 32.2. The summed E-state index contributed by atoms with van der Waals surface area (Å²) in [6.45, 7) is 1.79. The smallest absolute Gasteiger partial charge is 0.248 e. The summed E-state index contributed by atoms with van der Waals surface area (Å²) in [4.78, 5) is 28.7. The molecule has 0 radical (unpaired) electrons. The third kappa shape index (κ3) is 4.77. The summed E-state index contributed by atoms with van der Waals surface area (Å²) >= 11 is 1.28. The number of allylic oxidation sites excluding steroid dienone is 1. The second-order valence-electron chi connectivity index (χ2n) is 5.98. The molecule has 7 heteroatoms. The van der Waals surface area contributed by atoms with Crippen LogP contribution in [0.25, 0.3) is 0 Å². The minimum atomic E-state index is -0.511. The fraction of sp³-hybridized carbons (Fsp3) is 0.150. The van der Waals surface area contributed by atoms with Crippen LogP contribution in [0.15, 0.2) is 76.9 Å². The van der Waals surface area contributed by atoms with Crippen LogP contribution in [0.3, 0.4) is 0 Å². The van der Waals surface area contributed by atoms with Gasteiger partial charge in [-0.3, -0.25) is 9.59 Å². The van der Waals surface area contributed by atoms with Crippen molar-refractivity contribution < 1.29 is 9.59 Å². The largest absolute Gasteiger partial charge is 0.366 e. The average Bonchev–Trinajstić information content (AvgIpc) is 2.67. The maximum absolute atomic E-state index is 12.2. The third-order valence-electron chi connectivity index (χ3n) is 4.00. The predicted molar refractivity (Wildman–Crippen MR) is 109 cm³/mol. The first-order chi connectivity index (χ1) is 13.0. The molecule has 0 fully saturated rings. The Kier molecular flexibility index (Phi) is 5.93. The number of primary amides is 1. The molecular formula is C20H20N4O2S. The highest BCUT2D eigenvalue weighted by Crippen LogP contribution is 2.31. The Labute approximate surface area is 161 Å². The lowest BCUT2D eigenvalue weighted by Crippen LogP contribution is -2.33. The van der Waals surface area contributed by atoms with Gasteiger partial charge in [0.2, 0.25) is 11.8 Å². The van der Waals surface area contributed by atoms with E-state index in [9.17, 15) is 9.59 Å². The number of carbonyl (C=O) groups is 2. The quantitative estimate of drug-likeness (QED) is 0.743. The zero-order valence-corrected chi connectivity index (χ0v) is 15.6. The standard InChI is InChI=1S/C20H20N4O2S/c1-13-17(19(21)26)18(14-8-4-2-5-9-14)24-20(22-13)27-12-16(25)23-15-10-6-3-7-11-15/h2-11,18H,12H2,1H3,(H2,21,26)(H,22,24)(H,23,25)/t18-/m1/s1. The number of aliphatic imine (C=N–C) groups is 1. The third-order valence-corrected chi connectivity index (χ3v) is 4.88. The number of benzene rings is 2. The molecule has 2 aromatic carbocycles. The van der Waals surface area contributed by atoms with Gasteiger partial charge in [-0.05, 0) is 24.6 Å². The van der Waals surface area contributed by atoms with Gasteiger partial charge in [0.15, 0.2) is 5.17 Å². The number of para-hydroxylation sites is 1. The van der Waals surface area contributed by atoms with Crippen molar-refractivity contribution in [3.8, 4) is 0 Å². The van der Waals surface area contributed by atoms with Crippen LogP contribution in [0.4, 0.5) is 5.69 Å². The van der Waals surface area contributed by atoms with E-state index in [4.69, 9.17) is 5.73 Å². The zero-order valence-electron chi connectivity index (χ0n) is 14.8. The summed E-state index contributed by atoms with van der Waals surface area (Å²) in [6.07, 6.45) is 0. The van der Waals surface area contributed by atoms with Crippen molar-refractivity contribution in [2.24, 2.45) is 10.7 Å². The second-order valence-corrected chi connectivity index (χ2v) is 6.94. The van der Waals surface area contributed by atoms with Crippen molar-refractivity contribution in [1.29, 1.82) is 0 Å². The van der Waals surface area contributed by atoms with Crippen LogP contribution in [0.2, 0.25) is 0 Å². The van der Waals surface area contributed by atoms with Crippen LogP contribution in [-0.4, -0.2) is 22.7 Å². The lowest BCUT2D eigenvalue weighted by Gasteiger charge is -2.25. The minimum absolute atomic E-state index is 0.130. The van der Waals surface area contributed by atoms with Crippen LogP contribution in [-0.2, 0) is 9.59 Å². The number of amidine groups is 1. The van der Waals surface area contributed by atoms with Crippen LogP contribution < -0.4 is 16.4 Å². The molecule has 0 aliphatic carbocycles. The summed E-state index contributed by atoms with van der Waals surface area (Å²) in [7, 11) is 0. The number of hydrogen-bond donors (Lipinski definition) is 3. The lowest BCUT2D eigenvalue weighted by atomic mass is 9.96. The molecule has 4 N–H and O–H groups in total. The Hall–Kier alpha value is -3.06. The summed E-state index contributed by atoms with van der Waals surface area (Å²) < 4.78 is 0. The first kappa shape index (κ1) is 18.7. The molecular weight excluding hydrogens is 360 g/mol. The summed E-state index contributed by atoms with van der Waals surface area (Å²) in [6, 6.07) is 18.3. The van der Waals surface area contributed by atoms with Gasteiger partial charge < -0.3 is 16.4 Å². The monoisotopic (exact) mass is 380 g/mol. The highest BCUT2D eigenvalue weighted by Gasteiger charge is 2.28. The molecule has 2 amide bonds. The fourth-order valence-electron chi connectivity index (χ4n) is 2.77. The molecule has 0 unspecified atom stereocenters. The molecule has 27 heavy (non-hydrogen) atoms. The van der Waals surface area contributed by atoms with Crippen molar-refractivity contribution in [1.82, 2.24) is 5.32 Å². The number of rotatable bonds is 5. The Morgan fingerprint density at radius 3 is 2.37 bits per heavy atom. The van der Waals surface area contributed by atoms with Gasteiger partial charge in [-0.15, -0.1) is 0 Å². The minimum Gasteiger partial charge on any atom is -0.366 e. The number of thioether (sulfide) groups is 1. The lowest BCUT2D eigenvalue weighted by molar-refractivity contribution is -0.115. The van der Waals surface area contributed by atoms with Crippen LogP contribution in [0.5, 0.6) is 0 Å². The number of nitrogens with zero attached hydrogens (tertiary/aromatic N) is 1.